The molecular formula is C15H19FN2O2. The summed E-state index contributed by atoms with van der Waals surface area (Å²) >= 11 is 0. The number of para-hydroxylation sites is 1. The highest BCUT2D eigenvalue weighted by molar-refractivity contribution is 5.77. The van der Waals surface area contributed by atoms with Crippen molar-refractivity contribution in [3.63, 3.8) is 0 Å². The molecule has 0 aliphatic rings. The van der Waals surface area contributed by atoms with Crippen LogP contribution in [0.25, 0.3) is 0 Å². The van der Waals surface area contributed by atoms with Gasteiger partial charge in [-0.3, -0.25) is 4.79 Å². The minimum atomic E-state index is -0.488. The number of hydrogen-bond acceptors (Lipinski definition) is 3. The summed E-state index contributed by atoms with van der Waals surface area (Å²) in [6, 6.07) is 4.93. The fourth-order valence-electron chi connectivity index (χ4n) is 1.51. The topological polar surface area (TPSA) is 50.4 Å². The number of rotatable bonds is 7. The van der Waals surface area contributed by atoms with E-state index < -0.39 is 5.82 Å². The van der Waals surface area contributed by atoms with Crippen LogP contribution in [0.5, 0.6) is 5.75 Å². The summed E-state index contributed by atoms with van der Waals surface area (Å²) < 4.78 is 19.0. The summed E-state index contributed by atoms with van der Waals surface area (Å²) in [5.74, 6) is 1.51. The molecule has 0 unspecified atom stereocenters. The van der Waals surface area contributed by atoms with Crippen LogP contribution in [0.4, 0.5) is 4.39 Å². The quantitative estimate of drug-likeness (QED) is 0.742. The second-order valence-corrected chi connectivity index (χ2v) is 4.53. The van der Waals surface area contributed by atoms with Crippen molar-refractivity contribution in [2.75, 3.05) is 13.2 Å². The van der Waals surface area contributed by atoms with Crippen LogP contribution in [0, 0.1) is 18.2 Å². The predicted molar refractivity (Wildman–Crippen MR) is 75.7 cm³/mol. The molecule has 1 aromatic carbocycles. The SMILES string of the molecule is C#CCNC(=O)COc1c(F)cccc1CNC(C)C. The summed E-state index contributed by atoms with van der Waals surface area (Å²) in [5, 5.41) is 5.63. The van der Waals surface area contributed by atoms with Crippen LogP contribution in [0.1, 0.15) is 19.4 Å². The number of carbonyl (C=O) groups excluding carboxylic acids is 1. The second kappa shape index (κ2) is 8.18. The van der Waals surface area contributed by atoms with Gasteiger partial charge in [-0.05, 0) is 6.07 Å². The van der Waals surface area contributed by atoms with Crippen LogP contribution < -0.4 is 15.4 Å². The van der Waals surface area contributed by atoms with Crippen LogP contribution in [-0.2, 0) is 11.3 Å². The second-order valence-electron chi connectivity index (χ2n) is 4.53. The van der Waals surface area contributed by atoms with E-state index in [9.17, 15) is 9.18 Å². The molecule has 0 fully saturated rings. The van der Waals surface area contributed by atoms with Gasteiger partial charge in [0.15, 0.2) is 18.2 Å². The zero-order valence-corrected chi connectivity index (χ0v) is 11.7. The number of benzene rings is 1. The third-order valence-corrected chi connectivity index (χ3v) is 2.48. The van der Waals surface area contributed by atoms with Gasteiger partial charge >= 0.3 is 0 Å². The molecule has 0 aromatic heterocycles. The molecule has 1 rings (SSSR count). The molecule has 0 heterocycles. The number of nitrogens with one attached hydrogen (secondary N) is 2. The number of carbonyl (C=O) groups is 1. The van der Waals surface area contributed by atoms with Crippen LogP contribution in [0.2, 0.25) is 0 Å². The fourth-order valence-corrected chi connectivity index (χ4v) is 1.51. The average Bonchev–Trinajstić information content (AvgIpc) is 2.41. The van der Waals surface area contributed by atoms with Gasteiger partial charge in [-0.25, -0.2) is 4.39 Å². The van der Waals surface area contributed by atoms with Gasteiger partial charge in [-0.2, -0.15) is 0 Å². The number of amides is 1. The largest absolute Gasteiger partial charge is 0.480 e. The van der Waals surface area contributed by atoms with Crippen LogP contribution >= 0.6 is 0 Å². The number of ether oxygens (including phenoxy) is 1. The van der Waals surface area contributed by atoms with Crippen LogP contribution in [0.3, 0.4) is 0 Å². The highest BCUT2D eigenvalue weighted by Crippen LogP contribution is 2.22. The third kappa shape index (κ3) is 5.29. The maximum Gasteiger partial charge on any atom is 0.258 e. The molecule has 0 saturated heterocycles. The van der Waals surface area contributed by atoms with E-state index in [-0.39, 0.29) is 30.9 Å². The van der Waals surface area contributed by atoms with E-state index in [1.807, 2.05) is 13.8 Å². The van der Waals surface area contributed by atoms with E-state index >= 15 is 0 Å². The van der Waals surface area contributed by atoms with Gasteiger partial charge in [-0.1, -0.05) is 31.9 Å². The average molecular weight is 278 g/mol. The van der Waals surface area contributed by atoms with E-state index in [0.717, 1.165) is 0 Å². The van der Waals surface area contributed by atoms with E-state index in [4.69, 9.17) is 11.2 Å². The molecule has 0 bridgehead atoms. The van der Waals surface area contributed by atoms with Crippen molar-refractivity contribution in [3.8, 4) is 18.1 Å². The van der Waals surface area contributed by atoms with Crippen molar-refractivity contribution < 1.29 is 13.9 Å². The molecule has 0 aliphatic heterocycles. The monoisotopic (exact) mass is 278 g/mol. The first-order valence-corrected chi connectivity index (χ1v) is 6.38. The molecule has 2 N–H and O–H groups in total. The fraction of sp³-hybridized carbons (Fsp3) is 0.400. The molecule has 1 amide bonds. The maximum atomic E-state index is 13.8. The molecule has 0 spiro atoms. The first kappa shape index (κ1) is 16.0. The Morgan fingerprint density at radius 3 is 2.90 bits per heavy atom. The zero-order chi connectivity index (χ0) is 15.0. The lowest BCUT2D eigenvalue weighted by Crippen LogP contribution is -2.29. The van der Waals surface area contributed by atoms with Gasteiger partial charge in [0.25, 0.3) is 5.91 Å². The first-order chi connectivity index (χ1) is 9.54. The zero-order valence-electron chi connectivity index (χ0n) is 11.7. The molecule has 108 valence electrons. The number of halogens is 1. The normalized spacial score (nSPS) is 10.2. The van der Waals surface area contributed by atoms with Crippen molar-refractivity contribution in [1.29, 1.82) is 0 Å². The molecular weight excluding hydrogens is 259 g/mol. The lowest BCUT2D eigenvalue weighted by molar-refractivity contribution is -0.122. The van der Waals surface area contributed by atoms with Crippen molar-refractivity contribution in [2.45, 2.75) is 26.4 Å². The van der Waals surface area contributed by atoms with E-state index in [2.05, 4.69) is 16.6 Å². The molecule has 1 aromatic rings. The third-order valence-electron chi connectivity index (χ3n) is 2.48. The lowest BCUT2D eigenvalue weighted by Gasteiger charge is -2.14. The van der Waals surface area contributed by atoms with Crippen molar-refractivity contribution in [3.05, 3.63) is 29.6 Å². The Balaban J connectivity index is 2.68. The Bertz CT molecular complexity index is 495. The summed E-state index contributed by atoms with van der Waals surface area (Å²) in [6.07, 6.45) is 5.03. The minimum Gasteiger partial charge on any atom is -0.480 e. The number of terminal acetylenes is 1. The van der Waals surface area contributed by atoms with Crippen molar-refractivity contribution in [2.24, 2.45) is 0 Å². The smallest absolute Gasteiger partial charge is 0.258 e. The lowest BCUT2D eigenvalue weighted by atomic mass is 10.2. The van der Waals surface area contributed by atoms with Gasteiger partial charge in [-0.15, -0.1) is 6.42 Å². The van der Waals surface area contributed by atoms with Crippen LogP contribution in [-0.4, -0.2) is 25.1 Å². The van der Waals surface area contributed by atoms with E-state index in [1.165, 1.54) is 6.07 Å². The molecule has 0 atom stereocenters. The van der Waals surface area contributed by atoms with Crippen molar-refractivity contribution >= 4 is 5.91 Å². The molecule has 0 aliphatic carbocycles. The van der Waals surface area contributed by atoms with Gasteiger partial charge in [0.2, 0.25) is 0 Å². The first-order valence-electron chi connectivity index (χ1n) is 6.38. The summed E-state index contributed by atoms with van der Waals surface area (Å²) in [6.45, 7) is 4.31. The van der Waals surface area contributed by atoms with E-state index in [1.54, 1.807) is 12.1 Å². The Kier molecular flexibility index (Phi) is 6.54. The summed E-state index contributed by atoms with van der Waals surface area (Å²) in [5.41, 5.74) is 0.670. The molecule has 0 radical (unpaired) electrons. The summed E-state index contributed by atoms with van der Waals surface area (Å²) in [4.78, 5) is 11.4. The van der Waals surface area contributed by atoms with E-state index in [0.29, 0.717) is 12.1 Å². The van der Waals surface area contributed by atoms with Gasteiger partial charge in [0, 0.05) is 18.2 Å². The van der Waals surface area contributed by atoms with Crippen LogP contribution in [0.15, 0.2) is 18.2 Å². The van der Waals surface area contributed by atoms with Gasteiger partial charge < -0.3 is 15.4 Å². The minimum absolute atomic E-state index is 0.0940. The molecule has 20 heavy (non-hydrogen) atoms. The maximum absolute atomic E-state index is 13.8. The highest BCUT2D eigenvalue weighted by Gasteiger charge is 2.12. The Morgan fingerprint density at radius 2 is 2.25 bits per heavy atom. The Labute approximate surface area is 118 Å². The summed E-state index contributed by atoms with van der Waals surface area (Å²) in [7, 11) is 0. The van der Waals surface area contributed by atoms with Gasteiger partial charge in [0.1, 0.15) is 0 Å². The van der Waals surface area contributed by atoms with Crippen molar-refractivity contribution in [1.82, 2.24) is 10.6 Å². The predicted octanol–water partition coefficient (Wildman–Crippen LogP) is 1.45. The molecule has 0 saturated carbocycles. The number of hydrogen-bond donors (Lipinski definition) is 2. The molecule has 5 heteroatoms. The highest BCUT2D eigenvalue weighted by atomic mass is 19.1. The Morgan fingerprint density at radius 1 is 1.50 bits per heavy atom. The van der Waals surface area contributed by atoms with Gasteiger partial charge in [0.05, 0.1) is 6.54 Å². The standard InChI is InChI=1S/C15H19FN2O2/c1-4-8-17-14(19)10-20-15-12(9-18-11(2)3)6-5-7-13(15)16/h1,5-7,11,18H,8-10H2,2-3H3,(H,17,19). The molecule has 4 nitrogen and oxygen atoms in total. The Hall–Kier alpha value is -2.06.